The second kappa shape index (κ2) is 7.66. The number of carbonyl (C=O) groups excluding carboxylic acids is 1. The second-order valence-corrected chi connectivity index (χ2v) is 6.87. The minimum atomic E-state index is 0.0362. The van der Waals surface area contributed by atoms with Crippen molar-refractivity contribution in [2.75, 3.05) is 33.7 Å². The zero-order valence-corrected chi connectivity index (χ0v) is 15.1. The molecule has 0 saturated carbocycles. The average Bonchev–Trinajstić information content (AvgIpc) is 3.02. The minimum Gasteiger partial charge on any atom is -0.457 e. The molecule has 0 bridgehead atoms. The molecule has 0 aliphatic carbocycles. The molecule has 5 heteroatoms. The van der Waals surface area contributed by atoms with E-state index >= 15 is 0 Å². The van der Waals surface area contributed by atoms with Crippen molar-refractivity contribution in [3.63, 3.8) is 0 Å². The summed E-state index contributed by atoms with van der Waals surface area (Å²) in [6.45, 7) is 4.93. The standard InChI is InChI=1S/C20H25N3O2/c1-15-4-5-17(12-19(15)25-18-6-9-21-10-7-18)20(24)23(3)14-16-8-11-22(2)13-16/h4-7,9-10,12,16H,8,11,13-14H2,1-3H3/t16-/m0/s1. The first-order valence-corrected chi connectivity index (χ1v) is 8.65. The highest BCUT2D eigenvalue weighted by Crippen LogP contribution is 2.26. The molecular weight excluding hydrogens is 314 g/mol. The Labute approximate surface area is 149 Å². The molecule has 0 radical (unpaired) electrons. The molecule has 132 valence electrons. The fourth-order valence-corrected chi connectivity index (χ4v) is 3.24. The Morgan fingerprint density at radius 2 is 2.08 bits per heavy atom. The molecule has 1 aliphatic heterocycles. The second-order valence-electron chi connectivity index (χ2n) is 6.87. The summed E-state index contributed by atoms with van der Waals surface area (Å²) in [6.07, 6.45) is 4.52. The van der Waals surface area contributed by atoms with Crippen molar-refractivity contribution in [1.29, 1.82) is 0 Å². The van der Waals surface area contributed by atoms with Crippen LogP contribution in [0.25, 0.3) is 0 Å². The molecule has 0 unspecified atom stereocenters. The number of likely N-dealkylation sites (tertiary alicyclic amines) is 1. The monoisotopic (exact) mass is 339 g/mol. The van der Waals surface area contributed by atoms with Gasteiger partial charge < -0.3 is 14.5 Å². The van der Waals surface area contributed by atoms with Crippen molar-refractivity contribution >= 4 is 5.91 Å². The summed E-state index contributed by atoms with van der Waals surface area (Å²) >= 11 is 0. The van der Waals surface area contributed by atoms with E-state index in [-0.39, 0.29) is 5.91 Å². The van der Waals surface area contributed by atoms with E-state index in [0.29, 0.717) is 23.0 Å². The van der Waals surface area contributed by atoms with Crippen molar-refractivity contribution < 1.29 is 9.53 Å². The van der Waals surface area contributed by atoms with Crippen LogP contribution in [0.1, 0.15) is 22.3 Å². The summed E-state index contributed by atoms with van der Waals surface area (Å²) < 4.78 is 5.91. The molecule has 1 aromatic carbocycles. The van der Waals surface area contributed by atoms with Gasteiger partial charge in [-0.3, -0.25) is 9.78 Å². The zero-order valence-electron chi connectivity index (χ0n) is 15.1. The van der Waals surface area contributed by atoms with Crippen LogP contribution in [0.2, 0.25) is 0 Å². The number of nitrogens with zero attached hydrogens (tertiary/aromatic N) is 3. The fraction of sp³-hybridized carbons (Fsp3) is 0.400. The molecular formula is C20H25N3O2. The smallest absolute Gasteiger partial charge is 0.253 e. The Morgan fingerprint density at radius 3 is 2.76 bits per heavy atom. The quantitative estimate of drug-likeness (QED) is 0.839. The van der Waals surface area contributed by atoms with Gasteiger partial charge in [0.2, 0.25) is 0 Å². The number of rotatable bonds is 5. The van der Waals surface area contributed by atoms with E-state index in [9.17, 15) is 4.79 Å². The van der Waals surface area contributed by atoms with Crippen LogP contribution >= 0.6 is 0 Å². The number of hydrogen-bond acceptors (Lipinski definition) is 4. The lowest BCUT2D eigenvalue weighted by Crippen LogP contribution is -2.32. The minimum absolute atomic E-state index is 0.0362. The Balaban J connectivity index is 1.71. The topological polar surface area (TPSA) is 45.7 Å². The Bertz CT molecular complexity index is 733. The van der Waals surface area contributed by atoms with E-state index in [1.165, 1.54) is 0 Å². The summed E-state index contributed by atoms with van der Waals surface area (Å²) in [6, 6.07) is 9.23. The van der Waals surface area contributed by atoms with Gasteiger partial charge in [-0.15, -0.1) is 0 Å². The zero-order chi connectivity index (χ0) is 17.8. The molecule has 1 aliphatic rings. The van der Waals surface area contributed by atoms with Gasteiger partial charge in [0.1, 0.15) is 11.5 Å². The van der Waals surface area contributed by atoms with E-state index in [4.69, 9.17) is 4.74 Å². The van der Waals surface area contributed by atoms with Crippen molar-refractivity contribution in [2.24, 2.45) is 5.92 Å². The summed E-state index contributed by atoms with van der Waals surface area (Å²) in [5.41, 5.74) is 1.65. The lowest BCUT2D eigenvalue weighted by Gasteiger charge is -2.22. The number of benzene rings is 1. The van der Waals surface area contributed by atoms with Gasteiger partial charge in [-0.2, -0.15) is 0 Å². The SMILES string of the molecule is Cc1ccc(C(=O)N(C)C[C@H]2CCN(C)C2)cc1Oc1ccncc1. The van der Waals surface area contributed by atoms with Gasteiger partial charge >= 0.3 is 0 Å². The van der Waals surface area contributed by atoms with Crippen LogP contribution in [0.4, 0.5) is 0 Å². The average molecular weight is 339 g/mol. The van der Waals surface area contributed by atoms with E-state index in [0.717, 1.165) is 31.6 Å². The van der Waals surface area contributed by atoms with Crippen LogP contribution in [0.3, 0.4) is 0 Å². The molecule has 1 saturated heterocycles. The predicted molar refractivity (Wildman–Crippen MR) is 98.1 cm³/mol. The Morgan fingerprint density at radius 1 is 1.32 bits per heavy atom. The number of aryl methyl sites for hydroxylation is 1. The molecule has 5 nitrogen and oxygen atoms in total. The van der Waals surface area contributed by atoms with Gasteiger partial charge in [0.05, 0.1) is 0 Å². The van der Waals surface area contributed by atoms with Crippen LogP contribution in [-0.4, -0.2) is 54.4 Å². The number of aromatic nitrogens is 1. The number of pyridine rings is 1. The maximum absolute atomic E-state index is 12.8. The van der Waals surface area contributed by atoms with Crippen LogP contribution in [0, 0.1) is 12.8 Å². The summed E-state index contributed by atoms with van der Waals surface area (Å²) in [5.74, 6) is 2.00. The lowest BCUT2D eigenvalue weighted by molar-refractivity contribution is 0.0773. The summed E-state index contributed by atoms with van der Waals surface area (Å²) in [4.78, 5) is 20.9. The molecule has 0 N–H and O–H groups in total. The van der Waals surface area contributed by atoms with Crippen molar-refractivity contribution in [3.05, 3.63) is 53.9 Å². The first-order valence-electron chi connectivity index (χ1n) is 8.65. The maximum Gasteiger partial charge on any atom is 0.253 e. The van der Waals surface area contributed by atoms with Crippen molar-refractivity contribution in [1.82, 2.24) is 14.8 Å². The molecule has 1 aromatic heterocycles. The number of hydrogen-bond donors (Lipinski definition) is 0. The van der Waals surface area contributed by atoms with Crippen LogP contribution in [0.15, 0.2) is 42.7 Å². The van der Waals surface area contributed by atoms with Gasteiger partial charge in [0.25, 0.3) is 5.91 Å². The number of ether oxygens (including phenoxy) is 1. The van der Waals surface area contributed by atoms with Gasteiger partial charge in [-0.1, -0.05) is 6.07 Å². The predicted octanol–water partition coefficient (Wildman–Crippen LogP) is 3.21. The third-order valence-electron chi connectivity index (χ3n) is 4.68. The van der Waals surface area contributed by atoms with Crippen LogP contribution in [-0.2, 0) is 0 Å². The van der Waals surface area contributed by atoms with Gasteiger partial charge in [-0.25, -0.2) is 0 Å². The molecule has 2 heterocycles. The molecule has 1 atom stereocenters. The highest BCUT2D eigenvalue weighted by atomic mass is 16.5. The third-order valence-corrected chi connectivity index (χ3v) is 4.68. The molecule has 1 fully saturated rings. The number of amides is 1. The first-order chi connectivity index (χ1) is 12.0. The van der Waals surface area contributed by atoms with Crippen molar-refractivity contribution in [2.45, 2.75) is 13.3 Å². The molecule has 0 spiro atoms. The highest BCUT2D eigenvalue weighted by Gasteiger charge is 2.23. The first kappa shape index (κ1) is 17.4. The van der Waals surface area contributed by atoms with Gasteiger partial charge in [0.15, 0.2) is 0 Å². The van der Waals surface area contributed by atoms with E-state index < -0.39 is 0 Å². The van der Waals surface area contributed by atoms with Crippen LogP contribution < -0.4 is 4.74 Å². The largest absolute Gasteiger partial charge is 0.457 e. The maximum atomic E-state index is 12.8. The normalized spacial score (nSPS) is 17.5. The summed E-state index contributed by atoms with van der Waals surface area (Å²) in [5, 5.41) is 0. The fourth-order valence-electron chi connectivity index (χ4n) is 3.24. The Kier molecular flexibility index (Phi) is 5.34. The van der Waals surface area contributed by atoms with E-state index in [1.807, 2.05) is 37.1 Å². The molecule has 2 aromatic rings. The number of carbonyl (C=O) groups is 1. The summed E-state index contributed by atoms with van der Waals surface area (Å²) in [7, 11) is 4.01. The Hall–Kier alpha value is -2.40. The molecule has 25 heavy (non-hydrogen) atoms. The third kappa shape index (κ3) is 4.37. The van der Waals surface area contributed by atoms with Crippen molar-refractivity contribution in [3.8, 4) is 11.5 Å². The van der Waals surface area contributed by atoms with E-state index in [2.05, 4.69) is 16.9 Å². The molecule has 1 amide bonds. The van der Waals surface area contributed by atoms with Crippen LogP contribution in [0.5, 0.6) is 11.5 Å². The van der Waals surface area contributed by atoms with Gasteiger partial charge in [-0.05, 0) is 62.7 Å². The van der Waals surface area contributed by atoms with E-state index in [1.54, 1.807) is 24.5 Å². The highest BCUT2D eigenvalue weighted by molar-refractivity contribution is 5.94. The lowest BCUT2D eigenvalue weighted by atomic mass is 10.1. The van der Waals surface area contributed by atoms with Gasteiger partial charge in [0, 0.05) is 38.1 Å². The molecule has 3 rings (SSSR count).